The lowest BCUT2D eigenvalue weighted by Gasteiger charge is -2.36. The Morgan fingerprint density at radius 3 is 2.60 bits per heavy atom. The first kappa shape index (κ1) is 26.3. The van der Waals surface area contributed by atoms with E-state index in [0.717, 1.165) is 6.42 Å². The number of carbonyl (C=O) groups excluding carboxylic acids is 2. The van der Waals surface area contributed by atoms with E-state index in [0.29, 0.717) is 30.5 Å². The number of urea groups is 1. The Balaban J connectivity index is 0.000000775. The molecule has 2 fully saturated rings. The van der Waals surface area contributed by atoms with Crippen LogP contribution in [0.2, 0.25) is 0 Å². The predicted molar refractivity (Wildman–Crippen MR) is 120 cm³/mol. The zero-order valence-corrected chi connectivity index (χ0v) is 19.6. The number of rotatable bonds is 5. The van der Waals surface area contributed by atoms with E-state index in [1.807, 2.05) is 6.92 Å². The molecule has 35 heavy (non-hydrogen) atoms. The number of benzene rings is 1. The van der Waals surface area contributed by atoms with Crippen LogP contribution in [0, 0.1) is 5.92 Å². The van der Waals surface area contributed by atoms with Crippen LogP contribution in [0.15, 0.2) is 30.5 Å². The second-order valence-corrected chi connectivity index (χ2v) is 8.83. The minimum absolute atomic E-state index is 0.0277. The Bertz CT molecular complexity index is 1010. The van der Waals surface area contributed by atoms with Crippen molar-refractivity contribution in [1.29, 1.82) is 0 Å². The number of aromatic nitrogens is 3. The van der Waals surface area contributed by atoms with Crippen molar-refractivity contribution in [3.8, 4) is 11.4 Å². The zero-order valence-electron chi connectivity index (χ0n) is 19.6. The van der Waals surface area contributed by atoms with Gasteiger partial charge in [0.15, 0.2) is 0 Å². The molecule has 0 spiro atoms. The van der Waals surface area contributed by atoms with Gasteiger partial charge < -0.3 is 26.0 Å². The SMILES string of the molecule is CC(=O)N1CC(C)CC(NC(=O)NCc2cn(-c3cccc(OC(F)(F)F)c3)nn2)C1.NC1CC1. The quantitative estimate of drug-likeness (QED) is 0.582. The number of nitrogens with two attached hydrogens (primary N) is 1. The molecular formula is C22H30F3N7O3. The molecule has 2 unspecified atom stereocenters. The third-order valence-corrected chi connectivity index (χ3v) is 5.35. The number of alkyl halides is 3. The van der Waals surface area contributed by atoms with Crippen LogP contribution in [0.5, 0.6) is 5.75 Å². The molecule has 1 saturated carbocycles. The number of amides is 3. The van der Waals surface area contributed by atoms with Gasteiger partial charge in [-0.3, -0.25) is 4.79 Å². The summed E-state index contributed by atoms with van der Waals surface area (Å²) in [6.07, 6.45) is -0.00211. The lowest BCUT2D eigenvalue weighted by atomic mass is 9.96. The van der Waals surface area contributed by atoms with E-state index in [1.165, 1.54) is 48.8 Å². The van der Waals surface area contributed by atoms with Gasteiger partial charge in [-0.25, -0.2) is 9.48 Å². The van der Waals surface area contributed by atoms with E-state index < -0.39 is 12.4 Å². The Morgan fingerprint density at radius 2 is 1.97 bits per heavy atom. The highest BCUT2D eigenvalue weighted by molar-refractivity contribution is 5.75. The predicted octanol–water partition coefficient (Wildman–Crippen LogP) is 2.33. The third kappa shape index (κ3) is 9.08. The van der Waals surface area contributed by atoms with E-state index in [-0.39, 0.29) is 30.2 Å². The average Bonchev–Trinajstić information content (AvgIpc) is 3.40. The standard InChI is InChI=1S/C19H23F3N6O3.C3H7N/c1-12-6-14(10-27(9-12)13(2)29)24-18(30)23-8-15-11-28(26-25-15)16-4-3-5-17(7-16)31-19(20,21)22;4-3-1-2-3/h3-5,7,11-12,14H,6,8-10H2,1-2H3,(H2,23,24,30);3H,1-2,4H2. The van der Waals surface area contributed by atoms with Crippen molar-refractivity contribution in [2.75, 3.05) is 13.1 Å². The molecule has 1 aromatic heterocycles. The van der Waals surface area contributed by atoms with Gasteiger partial charge in [-0.2, -0.15) is 0 Å². The van der Waals surface area contributed by atoms with Crippen LogP contribution in [0.4, 0.5) is 18.0 Å². The highest BCUT2D eigenvalue weighted by atomic mass is 19.4. The zero-order chi connectivity index (χ0) is 25.6. The van der Waals surface area contributed by atoms with E-state index in [4.69, 9.17) is 5.73 Å². The Hall–Kier alpha value is -3.35. The molecule has 1 aliphatic carbocycles. The fourth-order valence-corrected chi connectivity index (χ4v) is 3.55. The topological polar surface area (TPSA) is 127 Å². The largest absolute Gasteiger partial charge is 0.573 e. The van der Waals surface area contributed by atoms with Crippen molar-refractivity contribution in [2.45, 2.75) is 58.1 Å². The molecule has 10 nitrogen and oxygen atoms in total. The van der Waals surface area contributed by atoms with Crippen molar-refractivity contribution in [3.05, 3.63) is 36.2 Å². The molecular weight excluding hydrogens is 467 g/mol. The molecule has 2 atom stereocenters. The van der Waals surface area contributed by atoms with Gasteiger partial charge in [0.25, 0.3) is 0 Å². The first-order valence-corrected chi connectivity index (χ1v) is 11.3. The Morgan fingerprint density at radius 1 is 1.26 bits per heavy atom. The lowest BCUT2D eigenvalue weighted by Crippen LogP contribution is -2.53. The van der Waals surface area contributed by atoms with Crippen molar-refractivity contribution >= 4 is 11.9 Å². The highest BCUT2D eigenvalue weighted by Crippen LogP contribution is 2.24. The fourth-order valence-electron chi connectivity index (χ4n) is 3.55. The minimum Gasteiger partial charge on any atom is -0.406 e. The molecule has 1 aromatic carbocycles. The number of hydrogen-bond donors (Lipinski definition) is 3. The van der Waals surface area contributed by atoms with Gasteiger partial charge in [0.1, 0.15) is 11.4 Å². The van der Waals surface area contributed by atoms with Gasteiger partial charge in [-0.05, 0) is 37.3 Å². The molecule has 3 amide bonds. The summed E-state index contributed by atoms with van der Waals surface area (Å²) in [5.41, 5.74) is 5.96. The smallest absolute Gasteiger partial charge is 0.406 e. The van der Waals surface area contributed by atoms with Crippen LogP contribution in [0.1, 0.15) is 38.8 Å². The molecule has 4 N–H and O–H groups in total. The van der Waals surface area contributed by atoms with Gasteiger partial charge in [0.2, 0.25) is 5.91 Å². The number of piperidine rings is 1. The second-order valence-electron chi connectivity index (χ2n) is 8.83. The van der Waals surface area contributed by atoms with Crippen LogP contribution in [0.25, 0.3) is 5.69 Å². The molecule has 1 aliphatic heterocycles. The van der Waals surface area contributed by atoms with Crippen LogP contribution in [-0.4, -0.2) is 63.4 Å². The van der Waals surface area contributed by atoms with E-state index in [2.05, 4.69) is 25.7 Å². The van der Waals surface area contributed by atoms with Gasteiger partial charge >= 0.3 is 12.4 Å². The van der Waals surface area contributed by atoms with E-state index in [9.17, 15) is 22.8 Å². The van der Waals surface area contributed by atoms with E-state index in [1.54, 1.807) is 11.0 Å². The highest BCUT2D eigenvalue weighted by Gasteiger charge is 2.31. The first-order chi connectivity index (χ1) is 16.5. The Labute approximate surface area is 201 Å². The summed E-state index contributed by atoms with van der Waals surface area (Å²) >= 11 is 0. The van der Waals surface area contributed by atoms with Crippen molar-refractivity contribution < 1.29 is 27.5 Å². The maximum atomic E-state index is 12.4. The summed E-state index contributed by atoms with van der Waals surface area (Å²) in [4.78, 5) is 25.5. The van der Waals surface area contributed by atoms with Gasteiger partial charge in [0, 0.05) is 38.2 Å². The van der Waals surface area contributed by atoms with Crippen molar-refractivity contribution in [3.63, 3.8) is 0 Å². The molecule has 2 heterocycles. The lowest BCUT2D eigenvalue weighted by molar-refractivity contribution is -0.274. The van der Waals surface area contributed by atoms with Gasteiger partial charge in [-0.15, -0.1) is 18.3 Å². The molecule has 0 radical (unpaired) electrons. The number of nitrogens with one attached hydrogen (secondary N) is 2. The maximum Gasteiger partial charge on any atom is 0.573 e. The van der Waals surface area contributed by atoms with Crippen molar-refractivity contribution in [1.82, 2.24) is 30.5 Å². The van der Waals surface area contributed by atoms with Crippen molar-refractivity contribution in [2.24, 2.45) is 11.7 Å². The number of likely N-dealkylation sites (tertiary alicyclic amines) is 1. The monoisotopic (exact) mass is 497 g/mol. The summed E-state index contributed by atoms with van der Waals surface area (Å²) in [5.74, 6) is -0.124. The third-order valence-electron chi connectivity index (χ3n) is 5.35. The van der Waals surface area contributed by atoms with Gasteiger partial charge in [-0.1, -0.05) is 18.2 Å². The molecule has 192 valence electrons. The molecule has 2 aromatic rings. The number of nitrogens with zero attached hydrogens (tertiary/aromatic N) is 4. The number of carbonyl (C=O) groups is 2. The summed E-state index contributed by atoms with van der Waals surface area (Å²) in [7, 11) is 0. The summed E-state index contributed by atoms with van der Waals surface area (Å²) < 4.78 is 42.3. The summed E-state index contributed by atoms with van der Waals surface area (Å²) in [6, 6.07) is 5.33. The molecule has 2 aliphatic rings. The normalized spacial score (nSPS) is 19.9. The number of ether oxygens (including phenoxy) is 1. The van der Waals surface area contributed by atoms with Crippen LogP contribution in [-0.2, 0) is 11.3 Å². The fraction of sp³-hybridized carbons (Fsp3) is 0.545. The first-order valence-electron chi connectivity index (χ1n) is 11.3. The second kappa shape index (κ2) is 11.4. The Kier molecular flexibility index (Phi) is 8.54. The molecule has 1 saturated heterocycles. The molecule has 4 rings (SSSR count). The van der Waals surface area contributed by atoms with Gasteiger partial charge in [0.05, 0.1) is 18.4 Å². The minimum atomic E-state index is -4.79. The number of halogens is 3. The molecule has 13 heteroatoms. The van der Waals surface area contributed by atoms with E-state index >= 15 is 0 Å². The summed E-state index contributed by atoms with van der Waals surface area (Å²) in [6.45, 7) is 4.73. The van der Waals surface area contributed by atoms with Crippen LogP contribution < -0.4 is 21.1 Å². The number of hydrogen-bond acceptors (Lipinski definition) is 6. The van der Waals surface area contributed by atoms with Crippen LogP contribution >= 0.6 is 0 Å². The average molecular weight is 498 g/mol. The van der Waals surface area contributed by atoms with Crippen LogP contribution in [0.3, 0.4) is 0 Å². The molecule has 0 bridgehead atoms. The maximum absolute atomic E-state index is 12.4. The summed E-state index contributed by atoms with van der Waals surface area (Å²) in [5, 5.41) is 13.3.